The van der Waals surface area contributed by atoms with Crippen LogP contribution in [0.4, 0.5) is 0 Å². The molecule has 0 fully saturated rings. The molecule has 6 nitrogen and oxygen atoms in total. The Kier molecular flexibility index (Phi) is 5.86. The van der Waals surface area contributed by atoms with Crippen molar-refractivity contribution in [2.24, 2.45) is 4.99 Å². The third-order valence-corrected chi connectivity index (χ3v) is 5.71. The summed E-state index contributed by atoms with van der Waals surface area (Å²) in [5.41, 5.74) is 3.65. The van der Waals surface area contributed by atoms with Gasteiger partial charge in [-0.15, -0.1) is 0 Å². The van der Waals surface area contributed by atoms with Gasteiger partial charge in [-0.05, 0) is 55.7 Å². The van der Waals surface area contributed by atoms with E-state index >= 15 is 0 Å². The Morgan fingerprint density at radius 3 is 2.68 bits per heavy atom. The van der Waals surface area contributed by atoms with Gasteiger partial charge in [0.15, 0.2) is 4.77 Å². The zero-order chi connectivity index (χ0) is 22.0. The fourth-order valence-corrected chi connectivity index (χ4v) is 3.91. The van der Waals surface area contributed by atoms with Crippen LogP contribution in [0.15, 0.2) is 64.5 Å². The Balaban J connectivity index is 1.67. The minimum absolute atomic E-state index is 0.0333. The number of H-pyrrole nitrogens is 2. The largest absolute Gasteiger partial charge is 0.494 e. The summed E-state index contributed by atoms with van der Waals surface area (Å²) in [7, 11) is 0. The van der Waals surface area contributed by atoms with Crippen LogP contribution in [0, 0.1) is 11.7 Å². The number of aryl methyl sites for hydroxylation is 1. The lowest BCUT2D eigenvalue weighted by Gasteiger charge is -2.12. The van der Waals surface area contributed by atoms with Crippen molar-refractivity contribution in [2.75, 3.05) is 0 Å². The molecule has 0 amide bonds. The molecule has 3 N–H and O–H groups in total. The van der Waals surface area contributed by atoms with Gasteiger partial charge in [0.05, 0.1) is 11.7 Å². The van der Waals surface area contributed by atoms with Crippen molar-refractivity contribution in [3.8, 4) is 11.6 Å². The Hall–Kier alpha value is -3.45. The maximum atomic E-state index is 12.5. The molecule has 0 bridgehead atoms. The van der Waals surface area contributed by atoms with E-state index in [1.165, 1.54) is 21.7 Å². The summed E-state index contributed by atoms with van der Waals surface area (Å²) in [6.07, 6.45) is 4.99. The maximum absolute atomic E-state index is 12.5. The van der Waals surface area contributed by atoms with E-state index in [0.717, 1.165) is 23.9 Å². The smallest absolute Gasteiger partial charge is 0.264 e. The second-order valence-corrected chi connectivity index (χ2v) is 7.96. The number of hydrogen-bond donors (Lipinski definition) is 3. The Bertz CT molecular complexity index is 1360. The van der Waals surface area contributed by atoms with E-state index in [9.17, 15) is 9.90 Å². The van der Waals surface area contributed by atoms with Crippen molar-refractivity contribution in [1.29, 1.82) is 0 Å². The average Bonchev–Trinajstić information content (AvgIpc) is 3.16. The van der Waals surface area contributed by atoms with Gasteiger partial charge in [-0.2, -0.15) is 0 Å². The van der Waals surface area contributed by atoms with Crippen LogP contribution in [-0.4, -0.2) is 31.9 Å². The molecule has 1 atom stereocenters. The molecule has 0 saturated carbocycles. The highest BCUT2D eigenvalue weighted by Gasteiger charge is 2.14. The molecule has 1 unspecified atom stereocenters. The summed E-state index contributed by atoms with van der Waals surface area (Å²) in [5.74, 6) is -0.219. The number of para-hydroxylation sites is 1. The Morgan fingerprint density at radius 2 is 1.94 bits per heavy atom. The van der Waals surface area contributed by atoms with Crippen LogP contribution < -0.4 is 5.56 Å². The Morgan fingerprint density at radius 1 is 1.19 bits per heavy atom. The normalized spacial score (nSPS) is 12.6. The average molecular weight is 433 g/mol. The third-order valence-electron chi connectivity index (χ3n) is 5.43. The quantitative estimate of drug-likeness (QED) is 0.301. The van der Waals surface area contributed by atoms with Crippen LogP contribution in [0.1, 0.15) is 30.0 Å². The molecule has 0 spiro atoms. The maximum Gasteiger partial charge on any atom is 0.264 e. The molecular formula is C24H24N4O2S. The lowest BCUT2D eigenvalue weighted by molar-refractivity contribution is 0.432. The second kappa shape index (κ2) is 8.73. The molecule has 4 rings (SSSR count). The van der Waals surface area contributed by atoms with Crippen molar-refractivity contribution >= 4 is 29.3 Å². The predicted molar refractivity (Wildman–Crippen MR) is 127 cm³/mol. The highest BCUT2D eigenvalue weighted by molar-refractivity contribution is 7.71. The highest BCUT2D eigenvalue weighted by Crippen LogP contribution is 2.22. The SMILES string of the molecule is CCC(Cc1c[nH]c2ccccc12)N=Cc1c(O)n(-c2ccc(C)cc2)c(=S)[nH]c1=O. The first-order valence-corrected chi connectivity index (χ1v) is 10.6. The van der Waals surface area contributed by atoms with E-state index in [0.29, 0.717) is 5.69 Å². The van der Waals surface area contributed by atoms with Crippen molar-refractivity contribution in [2.45, 2.75) is 32.7 Å². The zero-order valence-electron chi connectivity index (χ0n) is 17.4. The molecule has 2 aromatic carbocycles. The molecule has 2 heterocycles. The fraction of sp³-hybridized carbons (Fsp3) is 0.208. The minimum Gasteiger partial charge on any atom is -0.494 e. The van der Waals surface area contributed by atoms with Gasteiger partial charge >= 0.3 is 0 Å². The van der Waals surface area contributed by atoms with Gasteiger partial charge in [0.25, 0.3) is 5.56 Å². The summed E-state index contributed by atoms with van der Waals surface area (Å²) >= 11 is 5.28. The summed E-state index contributed by atoms with van der Waals surface area (Å²) in [6.45, 7) is 4.03. The van der Waals surface area contributed by atoms with Crippen LogP contribution in [0.3, 0.4) is 0 Å². The van der Waals surface area contributed by atoms with Crippen molar-refractivity contribution in [1.82, 2.24) is 14.5 Å². The number of aromatic nitrogens is 3. The number of benzene rings is 2. The predicted octanol–water partition coefficient (Wildman–Crippen LogP) is 4.83. The summed E-state index contributed by atoms with van der Waals surface area (Å²) in [4.78, 5) is 23.0. The van der Waals surface area contributed by atoms with Crippen LogP contribution >= 0.6 is 12.2 Å². The fourth-order valence-electron chi connectivity index (χ4n) is 3.63. The number of aliphatic imine (C=N–C) groups is 1. The first-order chi connectivity index (χ1) is 15.0. The molecule has 0 saturated heterocycles. The lowest BCUT2D eigenvalue weighted by Crippen LogP contribution is -2.19. The van der Waals surface area contributed by atoms with Gasteiger partial charge in [-0.3, -0.25) is 19.3 Å². The van der Waals surface area contributed by atoms with Crippen LogP contribution in [-0.2, 0) is 6.42 Å². The molecule has 0 radical (unpaired) electrons. The van der Waals surface area contributed by atoms with Crippen molar-refractivity contribution < 1.29 is 5.11 Å². The lowest BCUT2D eigenvalue weighted by atomic mass is 10.0. The van der Waals surface area contributed by atoms with E-state index in [2.05, 4.69) is 28.0 Å². The van der Waals surface area contributed by atoms with Gasteiger partial charge in [-0.25, -0.2) is 0 Å². The van der Waals surface area contributed by atoms with Crippen LogP contribution in [0.2, 0.25) is 0 Å². The third kappa shape index (κ3) is 4.22. The standard InChI is InChI=1S/C24H24N4O2S/c1-3-17(12-16-13-26-21-7-5-4-6-19(16)21)25-14-20-22(29)27-24(31)28(23(20)30)18-10-8-15(2)9-11-18/h4-11,13-14,17,26,30H,3,12H2,1-2H3,(H,27,29,31). The van der Waals surface area contributed by atoms with E-state index in [1.54, 1.807) is 0 Å². The molecule has 2 aromatic heterocycles. The van der Waals surface area contributed by atoms with Gasteiger partial charge in [0, 0.05) is 23.3 Å². The van der Waals surface area contributed by atoms with E-state index in [1.807, 2.05) is 55.6 Å². The molecule has 0 aliphatic heterocycles. The van der Waals surface area contributed by atoms with Gasteiger partial charge < -0.3 is 10.1 Å². The molecule has 0 aliphatic rings. The number of hydrogen-bond acceptors (Lipinski definition) is 4. The first kappa shape index (κ1) is 20.8. The highest BCUT2D eigenvalue weighted by atomic mass is 32.1. The van der Waals surface area contributed by atoms with Crippen molar-refractivity contribution in [3.05, 3.63) is 86.5 Å². The van der Waals surface area contributed by atoms with E-state index in [-0.39, 0.29) is 22.3 Å². The molecule has 158 valence electrons. The number of nitrogens with one attached hydrogen (secondary N) is 2. The summed E-state index contributed by atoms with van der Waals surface area (Å²) in [6, 6.07) is 15.6. The summed E-state index contributed by atoms with van der Waals surface area (Å²) in [5, 5.41) is 12.0. The van der Waals surface area contributed by atoms with Gasteiger partial charge in [0.2, 0.25) is 5.88 Å². The van der Waals surface area contributed by atoms with E-state index < -0.39 is 5.56 Å². The van der Waals surface area contributed by atoms with E-state index in [4.69, 9.17) is 12.2 Å². The molecule has 0 aliphatic carbocycles. The van der Waals surface area contributed by atoms with Crippen molar-refractivity contribution in [3.63, 3.8) is 0 Å². The number of nitrogens with zero attached hydrogens (tertiary/aromatic N) is 2. The van der Waals surface area contributed by atoms with Crippen LogP contribution in [0.5, 0.6) is 5.88 Å². The minimum atomic E-state index is -0.462. The monoisotopic (exact) mass is 432 g/mol. The molecule has 7 heteroatoms. The summed E-state index contributed by atoms with van der Waals surface area (Å²) < 4.78 is 1.58. The van der Waals surface area contributed by atoms with Crippen LogP contribution in [0.25, 0.3) is 16.6 Å². The number of aromatic amines is 2. The molecule has 31 heavy (non-hydrogen) atoms. The topological polar surface area (TPSA) is 86.2 Å². The zero-order valence-corrected chi connectivity index (χ0v) is 18.2. The Labute approximate surface area is 184 Å². The molecular weight excluding hydrogens is 408 g/mol. The van der Waals surface area contributed by atoms with Gasteiger partial charge in [-0.1, -0.05) is 42.8 Å². The second-order valence-electron chi connectivity index (χ2n) is 7.57. The first-order valence-electron chi connectivity index (χ1n) is 10.2. The van der Waals surface area contributed by atoms with Gasteiger partial charge in [0.1, 0.15) is 5.56 Å². The number of aromatic hydroxyl groups is 1. The molecule has 4 aromatic rings. The number of fused-ring (bicyclic) bond motifs is 1. The number of rotatable bonds is 6.